The molecule has 0 bridgehead atoms. The molecule has 1 saturated carbocycles. The van der Waals surface area contributed by atoms with Crippen LogP contribution in [0.1, 0.15) is 39.3 Å². The van der Waals surface area contributed by atoms with Gasteiger partial charge >= 0.3 is 0 Å². The highest BCUT2D eigenvalue weighted by molar-refractivity contribution is 6.31. The summed E-state index contributed by atoms with van der Waals surface area (Å²) in [6.45, 7) is 1.83. The zero-order valence-electron chi connectivity index (χ0n) is 13.9. The first-order chi connectivity index (χ1) is 12.0. The van der Waals surface area contributed by atoms with E-state index in [0.717, 1.165) is 18.4 Å². The van der Waals surface area contributed by atoms with E-state index in [1.54, 1.807) is 18.2 Å². The van der Waals surface area contributed by atoms with Gasteiger partial charge in [-0.1, -0.05) is 11.6 Å². The largest absolute Gasteiger partial charge is 0.495 e. The molecule has 3 rings (SSSR count). The summed E-state index contributed by atoms with van der Waals surface area (Å²) in [5.41, 5.74) is 1.86. The van der Waals surface area contributed by atoms with E-state index in [4.69, 9.17) is 16.3 Å². The van der Waals surface area contributed by atoms with E-state index in [1.807, 2.05) is 6.92 Å². The van der Waals surface area contributed by atoms with Crippen molar-refractivity contribution < 1.29 is 14.3 Å². The monoisotopic (exact) mass is 359 g/mol. The molecule has 1 aliphatic rings. The molecule has 25 heavy (non-hydrogen) atoms. The van der Waals surface area contributed by atoms with Gasteiger partial charge in [-0.15, -0.1) is 0 Å². The van der Waals surface area contributed by atoms with E-state index in [0.29, 0.717) is 22.0 Å². The molecule has 1 aromatic carbocycles. The standard InChI is InChI=1S/C18H18ClN3O3/c1-10-7-14(16(25-2)9-13(10)19)22-18(24)15-8-11(5-6-20-15)17(23)21-12-3-4-12/h5-9,12H,3-4H2,1-2H3,(H,21,23)(H,22,24). The Morgan fingerprint density at radius 2 is 2.00 bits per heavy atom. The van der Waals surface area contributed by atoms with Gasteiger partial charge in [-0.05, 0) is 43.5 Å². The lowest BCUT2D eigenvalue weighted by Gasteiger charge is -2.12. The molecule has 0 radical (unpaired) electrons. The second-order valence-electron chi connectivity index (χ2n) is 5.93. The van der Waals surface area contributed by atoms with Crippen LogP contribution in [0.4, 0.5) is 5.69 Å². The van der Waals surface area contributed by atoms with Crippen molar-refractivity contribution in [1.82, 2.24) is 10.3 Å². The number of carbonyl (C=O) groups is 2. The molecular formula is C18H18ClN3O3. The van der Waals surface area contributed by atoms with Crippen LogP contribution in [0.5, 0.6) is 5.75 Å². The second kappa shape index (κ2) is 7.11. The van der Waals surface area contributed by atoms with Crippen LogP contribution in [0.3, 0.4) is 0 Å². The average molecular weight is 360 g/mol. The minimum absolute atomic E-state index is 0.151. The predicted octanol–water partition coefficient (Wildman–Crippen LogP) is 3.20. The summed E-state index contributed by atoms with van der Waals surface area (Å²) in [7, 11) is 1.50. The van der Waals surface area contributed by atoms with Crippen molar-refractivity contribution in [1.29, 1.82) is 0 Å². The van der Waals surface area contributed by atoms with Gasteiger partial charge in [-0.3, -0.25) is 14.6 Å². The average Bonchev–Trinajstić information content (AvgIpc) is 3.42. The van der Waals surface area contributed by atoms with Gasteiger partial charge < -0.3 is 15.4 Å². The van der Waals surface area contributed by atoms with Crippen LogP contribution in [0.2, 0.25) is 5.02 Å². The number of pyridine rings is 1. The Hall–Kier alpha value is -2.60. The highest BCUT2D eigenvalue weighted by Crippen LogP contribution is 2.31. The third kappa shape index (κ3) is 4.09. The van der Waals surface area contributed by atoms with E-state index in [-0.39, 0.29) is 17.6 Å². The number of benzene rings is 1. The fraction of sp³-hybridized carbons (Fsp3) is 0.278. The summed E-state index contributed by atoms with van der Waals surface area (Å²) in [5.74, 6) is -0.174. The lowest BCUT2D eigenvalue weighted by molar-refractivity contribution is 0.0951. The van der Waals surface area contributed by atoms with Crippen molar-refractivity contribution in [3.05, 3.63) is 52.3 Å². The molecule has 0 atom stereocenters. The van der Waals surface area contributed by atoms with E-state index < -0.39 is 5.91 Å². The number of nitrogens with zero attached hydrogens (tertiary/aromatic N) is 1. The molecule has 6 nitrogen and oxygen atoms in total. The number of halogens is 1. The summed E-state index contributed by atoms with van der Waals surface area (Å²) in [5, 5.41) is 6.18. The van der Waals surface area contributed by atoms with Crippen LogP contribution >= 0.6 is 11.6 Å². The van der Waals surface area contributed by atoms with E-state index in [2.05, 4.69) is 15.6 Å². The topological polar surface area (TPSA) is 80.3 Å². The Morgan fingerprint density at radius 1 is 1.24 bits per heavy atom. The fourth-order valence-corrected chi connectivity index (χ4v) is 2.46. The number of ether oxygens (including phenoxy) is 1. The number of hydrogen-bond acceptors (Lipinski definition) is 4. The second-order valence-corrected chi connectivity index (χ2v) is 6.34. The number of methoxy groups -OCH3 is 1. The smallest absolute Gasteiger partial charge is 0.274 e. The Morgan fingerprint density at radius 3 is 2.68 bits per heavy atom. The first-order valence-electron chi connectivity index (χ1n) is 7.90. The highest BCUT2D eigenvalue weighted by atomic mass is 35.5. The molecule has 0 unspecified atom stereocenters. The number of aryl methyl sites for hydroxylation is 1. The zero-order chi connectivity index (χ0) is 18.0. The molecule has 2 aromatic rings. The van der Waals surface area contributed by atoms with Crippen LogP contribution < -0.4 is 15.4 Å². The van der Waals surface area contributed by atoms with Crippen molar-refractivity contribution in [2.24, 2.45) is 0 Å². The van der Waals surface area contributed by atoms with Crippen LogP contribution in [0, 0.1) is 6.92 Å². The molecule has 2 amide bonds. The predicted molar refractivity (Wildman–Crippen MR) is 95.4 cm³/mol. The van der Waals surface area contributed by atoms with Crippen molar-refractivity contribution in [3.8, 4) is 5.75 Å². The van der Waals surface area contributed by atoms with Gasteiger partial charge in [0.1, 0.15) is 11.4 Å². The molecular weight excluding hydrogens is 342 g/mol. The number of carbonyl (C=O) groups excluding carboxylic acids is 2. The molecule has 1 fully saturated rings. The quantitative estimate of drug-likeness (QED) is 0.859. The minimum atomic E-state index is -0.430. The van der Waals surface area contributed by atoms with Crippen molar-refractivity contribution in [3.63, 3.8) is 0 Å². The molecule has 0 aliphatic heterocycles. The van der Waals surface area contributed by atoms with Gasteiger partial charge in [0.15, 0.2) is 0 Å². The number of hydrogen-bond donors (Lipinski definition) is 2. The zero-order valence-corrected chi connectivity index (χ0v) is 14.7. The summed E-state index contributed by atoms with van der Waals surface area (Å²) in [4.78, 5) is 28.6. The van der Waals surface area contributed by atoms with E-state index >= 15 is 0 Å². The summed E-state index contributed by atoms with van der Waals surface area (Å²) >= 11 is 6.07. The third-order valence-corrected chi connectivity index (χ3v) is 4.30. The normalized spacial score (nSPS) is 13.2. The van der Waals surface area contributed by atoms with Gasteiger partial charge in [0.2, 0.25) is 0 Å². The Labute approximate surface area is 150 Å². The summed E-state index contributed by atoms with van der Waals surface area (Å²) < 4.78 is 5.25. The molecule has 1 aromatic heterocycles. The van der Waals surface area contributed by atoms with Gasteiger partial charge in [0, 0.05) is 28.9 Å². The first kappa shape index (κ1) is 17.2. The molecule has 2 N–H and O–H groups in total. The molecule has 0 spiro atoms. The highest BCUT2D eigenvalue weighted by Gasteiger charge is 2.24. The number of nitrogens with one attached hydrogen (secondary N) is 2. The molecule has 1 aliphatic carbocycles. The van der Waals surface area contributed by atoms with Crippen LogP contribution in [0.25, 0.3) is 0 Å². The van der Waals surface area contributed by atoms with Gasteiger partial charge in [0.05, 0.1) is 12.8 Å². The van der Waals surface area contributed by atoms with E-state index in [9.17, 15) is 9.59 Å². The summed E-state index contributed by atoms with van der Waals surface area (Å²) in [6, 6.07) is 6.67. The third-order valence-electron chi connectivity index (χ3n) is 3.90. The molecule has 130 valence electrons. The Bertz CT molecular complexity index is 834. The maximum absolute atomic E-state index is 12.5. The fourth-order valence-electron chi connectivity index (χ4n) is 2.31. The number of rotatable bonds is 5. The van der Waals surface area contributed by atoms with Gasteiger partial charge in [0.25, 0.3) is 11.8 Å². The van der Waals surface area contributed by atoms with Crippen LogP contribution in [-0.4, -0.2) is 29.9 Å². The molecule has 7 heteroatoms. The van der Waals surface area contributed by atoms with Gasteiger partial charge in [-0.25, -0.2) is 0 Å². The van der Waals surface area contributed by atoms with Crippen molar-refractivity contribution in [2.45, 2.75) is 25.8 Å². The number of anilines is 1. The van der Waals surface area contributed by atoms with Crippen LogP contribution in [0.15, 0.2) is 30.5 Å². The Kier molecular flexibility index (Phi) is 4.90. The molecule has 0 saturated heterocycles. The van der Waals surface area contributed by atoms with Crippen molar-refractivity contribution >= 4 is 29.1 Å². The summed E-state index contributed by atoms with van der Waals surface area (Å²) in [6.07, 6.45) is 3.45. The van der Waals surface area contributed by atoms with E-state index in [1.165, 1.54) is 19.4 Å². The maximum Gasteiger partial charge on any atom is 0.274 e. The first-order valence-corrected chi connectivity index (χ1v) is 8.28. The van der Waals surface area contributed by atoms with Crippen LogP contribution in [-0.2, 0) is 0 Å². The number of aromatic nitrogens is 1. The maximum atomic E-state index is 12.5. The number of amides is 2. The van der Waals surface area contributed by atoms with Gasteiger partial charge in [-0.2, -0.15) is 0 Å². The Balaban J connectivity index is 1.79. The minimum Gasteiger partial charge on any atom is -0.495 e. The lowest BCUT2D eigenvalue weighted by atomic mass is 10.2. The SMILES string of the molecule is COc1cc(Cl)c(C)cc1NC(=O)c1cc(C(=O)NC2CC2)ccn1. The van der Waals surface area contributed by atoms with Crippen molar-refractivity contribution in [2.75, 3.05) is 12.4 Å². The molecule has 1 heterocycles. The lowest BCUT2D eigenvalue weighted by Crippen LogP contribution is -2.26.